The third-order valence-electron chi connectivity index (χ3n) is 6.80. The summed E-state index contributed by atoms with van der Waals surface area (Å²) in [5, 5.41) is 9.46. The molecule has 4 aromatic carbocycles. The van der Waals surface area contributed by atoms with Crippen LogP contribution in [0.4, 0.5) is 0 Å². The first-order valence-corrected chi connectivity index (χ1v) is 13.1. The molecule has 8 heteroatoms. The standard InChI is InChI=1S/C33H22N6O2/c40-29-21-28(23-13-5-1-6-14-23)34-33-38(29)32(36-39(33)26-19-11-4-12-20-26)31(41)27-22-37(25-17-9-3-10-18-25)35-30(27)24-15-7-2-8-16-24/h1-22H. The Hall–Kier alpha value is -5.89. The third-order valence-corrected chi connectivity index (χ3v) is 6.80. The van der Waals surface area contributed by atoms with Crippen LogP contribution in [0.25, 0.3) is 39.7 Å². The maximum Gasteiger partial charge on any atom is 0.261 e. The molecule has 0 aliphatic carbocycles. The lowest BCUT2D eigenvalue weighted by molar-refractivity contribution is 0.102. The van der Waals surface area contributed by atoms with E-state index in [-0.39, 0.29) is 11.6 Å². The first kappa shape index (κ1) is 24.2. The SMILES string of the molecule is O=C(c1cn(-c2ccccc2)nc1-c1ccccc1)c1nn(-c2ccccc2)c2nc(-c3ccccc3)cc(=O)n12. The molecule has 0 amide bonds. The molecule has 8 nitrogen and oxygen atoms in total. The van der Waals surface area contributed by atoms with Crippen molar-refractivity contribution in [1.82, 2.24) is 28.9 Å². The second kappa shape index (κ2) is 10.0. The van der Waals surface area contributed by atoms with Crippen molar-refractivity contribution in [3.8, 4) is 33.9 Å². The summed E-state index contributed by atoms with van der Waals surface area (Å²) in [6.07, 6.45) is 1.68. The molecule has 3 aromatic heterocycles. The fourth-order valence-corrected chi connectivity index (χ4v) is 4.82. The highest BCUT2D eigenvalue weighted by atomic mass is 16.1. The number of benzene rings is 4. The van der Waals surface area contributed by atoms with Gasteiger partial charge in [-0.25, -0.2) is 14.1 Å². The Kier molecular flexibility index (Phi) is 5.90. The minimum Gasteiger partial charge on any atom is -0.285 e. The fourth-order valence-electron chi connectivity index (χ4n) is 4.82. The van der Waals surface area contributed by atoms with Gasteiger partial charge in [0.1, 0.15) is 5.69 Å². The Morgan fingerprint density at radius 2 is 1.20 bits per heavy atom. The van der Waals surface area contributed by atoms with Crippen molar-refractivity contribution < 1.29 is 4.79 Å². The van der Waals surface area contributed by atoms with Crippen LogP contribution in [0.1, 0.15) is 16.2 Å². The largest absolute Gasteiger partial charge is 0.285 e. The van der Waals surface area contributed by atoms with Crippen molar-refractivity contribution in [2.45, 2.75) is 0 Å². The molecule has 7 aromatic rings. The van der Waals surface area contributed by atoms with E-state index in [0.29, 0.717) is 22.6 Å². The predicted octanol–water partition coefficient (Wildman–Crippen LogP) is 5.63. The van der Waals surface area contributed by atoms with Gasteiger partial charge in [-0.05, 0) is 24.3 Å². The van der Waals surface area contributed by atoms with E-state index in [4.69, 9.17) is 10.1 Å². The van der Waals surface area contributed by atoms with E-state index < -0.39 is 11.3 Å². The maximum absolute atomic E-state index is 14.3. The van der Waals surface area contributed by atoms with Crippen molar-refractivity contribution in [3.63, 3.8) is 0 Å². The lowest BCUT2D eigenvalue weighted by atomic mass is 10.1. The molecule has 0 fully saturated rings. The van der Waals surface area contributed by atoms with Crippen molar-refractivity contribution in [3.05, 3.63) is 155 Å². The Morgan fingerprint density at radius 3 is 1.83 bits per heavy atom. The summed E-state index contributed by atoms with van der Waals surface area (Å²) in [7, 11) is 0. The Balaban J connectivity index is 1.46. The van der Waals surface area contributed by atoms with Crippen LogP contribution in [0, 0.1) is 0 Å². The number of carbonyl (C=O) groups excluding carboxylic acids is 1. The van der Waals surface area contributed by atoms with Crippen molar-refractivity contribution in [2.75, 3.05) is 0 Å². The molecule has 0 atom stereocenters. The highest BCUT2D eigenvalue weighted by molar-refractivity contribution is 6.10. The molecule has 41 heavy (non-hydrogen) atoms. The molecule has 7 rings (SSSR count). The van der Waals surface area contributed by atoms with E-state index in [1.807, 2.05) is 121 Å². The average Bonchev–Trinajstić information content (AvgIpc) is 3.66. The van der Waals surface area contributed by atoms with Crippen LogP contribution in [0.5, 0.6) is 0 Å². The van der Waals surface area contributed by atoms with E-state index >= 15 is 0 Å². The Morgan fingerprint density at radius 1 is 0.634 bits per heavy atom. The predicted molar refractivity (Wildman–Crippen MR) is 156 cm³/mol. The van der Waals surface area contributed by atoms with Crippen LogP contribution < -0.4 is 5.56 Å². The lowest BCUT2D eigenvalue weighted by Gasteiger charge is -2.04. The zero-order chi connectivity index (χ0) is 27.8. The second-order valence-electron chi connectivity index (χ2n) is 9.42. The summed E-state index contributed by atoms with van der Waals surface area (Å²) >= 11 is 0. The minimum atomic E-state index is -0.443. The van der Waals surface area contributed by atoms with Crippen molar-refractivity contribution in [1.29, 1.82) is 0 Å². The molecule has 0 bridgehead atoms. The van der Waals surface area contributed by atoms with Gasteiger partial charge >= 0.3 is 0 Å². The van der Waals surface area contributed by atoms with E-state index in [1.54, 1.807) is 10.9 Å². The number of para-hydroxylation sites is 2. The van der Waals surface area contributed by atoms with Crippen LogP contribution in [-0.2, 0) is 0 Å². The molecule has 0 saturated heterocycles. The van der Waals surface area contributed by atoms with Gasteiger partial charge in [0.05, 0.1) is 22.6 Å². The molecule has 0 aliphatic heterocycles. The quantitative estimate of drug-likeness (QED) is 0.258. The van der Waals surface area contributed by atoms with Gasteiger partial charge in [-0.2, -0.15) is 9.78 Å². The summed E-state index contributed by atoms with van der Waals surface area (Å²) in [6, 6.07) is 39.3. The molecule has 3 heterocycles. The second-order valence-corrected chi connectivity index (χ2v) is 9.42. The number of hydrogen-bond acceptors (Lipinski definition) is 5. The third kappa shape index (κ3) is 4.33. The van der Waals surface area contributed by atoms with Gasteiger partial charge in [0.25, 0.3) is 5.56 Å². The Labute approximate surface area is 234 Å². The van der Waals surface area contributed by atoms with Crippen molar-refractivity contribution in [2.24, 2.45) is 0 Å². The summed E-state index contributed by atoms with van der Waals surface area (Å²) < 4.78 is 4.47. The number of ketones is 1. The normalized spacial score (nSPS) is 11.1. The number of hydrogen-bond donors (Lipinski definition) is 0. The number of rotatable bonds is 6. The molecular formula is C33H22N6O2. The first-order chi connectivity index (χ1) is 20.2. The molecule has 0 unspecified atom stereocenters. The van der Waals surface area contributed by atoms with Gasteiger partial charge in [-0.3, -0.25) is 9.59 Å². The summed E-state index contributed by atoms with van der Waals surface area (Å²) in [6.45, 7) is 0. The summed E-state index contributed by atoms with van der Waals surface area (Å²) in [5.74, 6) is -0.254. The molecule has 0 radical (unpaired) electrons. The van der Waals surface area contributed by atoms with E-state index in [1.165, 1.54) is 15.1 Å². The molecule has 0 aliphatic rings. The smallest absolute Gasteiger partial charge is 0.261 e. The van der Waals surface area contributed by atoms with Gasteiger partial charge in [0.2, 0.25) is 17.4 Å². The monoisotopic (exact) mass is 534 g/mol. The highest BCUT2D eigenvalue weighted by Crippen LogP contribution is 2.26. The first-order valence-electron chi connectivity index (χ1n) is 13.1. The van der Waals surface area contributed by atoms with Gasteiger partial charge in [-0.1, -0.05) is 97.1 Å². The van der Waals surface area contributed by atoms with Gasteiger partial charge < -0.3 is 0 Å². The topological polar surface area (TPSA) is 87.1 Å². The van der Waals surface area contributed by atoms with Crippen molar-refractivity contribution >= 4 is 11.6 Å². The summed E-state index contributed by atoms with van der Waals surface area (Å²) in [5.41, 5.74) is 3.93. The molecule has 0 N–H and O–H groups in total. The number of fused-ring (bicyclic) bond motifs is 1. The fraction of sp³-hybridized carbons (Fsp3) is 0. The average molecular weight is 535 g/mol. The van der Waals surface area contributed by atoms with Gasteiger partial charge in [-0.15, -0.1) is 5.10 Å². The molecule has 196 valence electrons. The highest BCUT2D eigenvalue weighted by Gasteiger charge is 2.27. The van der Waals surface area contributed by atoms with E-state index in [2.05, 4.69) is 5.10 Å². The number of nitrogens with zero attached hydrogens (tertiary/aromatic N) is 6. The minimum absolute atomic E-state index is 0.0502. The summed E-state index contributed by atoms with van der Waals surface area (Å²) in [4.78, 5) is 32.8. The Bertz CT molecular complexity index is 2060. The van der Waals surface area contributed by atoms with Gasteiger partial charge in [0, 0.05) is 23.4 Å². The van der Waals surface area contributed by atoms with Crippen LogP contribution in [0.2, 0.25) is 0 Å². The zero-order valence-corrected chi connectivity index (χ0v) is 21.7. The van der Waals surface area contributed by atoms with Crippen LogP contribution in [0.15, 0.2) is 138 Å². The maximum atomic E-state index is 14.3. The molecule has 0 spiro atoms. The van der Waals surface area contributed by atoms with E-state index in [0.717, 1.165) is 16.8 Å². The van der Waals surface area contributed by atoms with Crippen LogP contribution in [-0.4, -0.2) is 34.7 Å². The van der Waals surface area contributed by atoms with Crippen LogP contribution >= 0.6 is 0 Å². The molecular weight excluding hydrogens is 512 g/mol. The van der Waals surface area contributed by atoms with E-state index in [9.17, 15) is 9.59 Å². The number of carbonyl (C=O) groups is 1. The van der Waals surface area contributed by atoms with Crippen LogP contribution in [0.3, 0.4) is 0 Å². The zero-order valence-electron chi connectivity index (χ0n) is 21.7. The van der Waals surface area contributed by atoms with Gasteiger partial charge in [0.15, 0.2) is 0 Å². The lowest BCUT2D eigenvalue weighted by Crippen LogP contribution is -2.19. The number of aromatic nitrogens is 6. The molecule has 0 saturated carbocycles.